The first-order valence-corrected chi connectivity index (χ1v) is 15.8. The van der Waals surface area contributed by atoms with Crippen LogP contribution in [0.3, 0.4) is 0 Å². The summed E-state index contributed by atoms with van der Waals surface area (Å²) in [5.41, 5.74) is 3.10. The van der Waals surface area contributed by atoms with Gasteiger partial charge in [0.15, 0.2) is 0 Å². The van der Waals surface area contributed by atoms with Crippen molar-refractivity contribution in [3.8, 4) is 0 Å². The first kappa shape index (κ1) is 30.1. The lowest BCUT2D eigenvalue weighted by Crippen LogP contribution is -2.66. The van der Waals surface area contributed by atoms with Gasteiger partial charge in [0.2, 0.25) is 0 Å². The largest absolute Gasteiger partial charge is 0.404 e. The van der Waals surface area contributed by atoms with Gasteiger partial charge >= 0.3 is 0 Å². The molecule has 0 aliphatic rings. The van der Waals surface area contributed by atoms with Crippen LogP contribution in [0.5, 0.6) is 0 Å². The highest BCUT2D eigenvalue weighted by molar-refractivity contribution is 6.99. The highest BCUT2D eigenvalue weighted by atomic mass is 28.4. The molecular weight excluding hydrogens is 452 g/mol. The van der Waals surface area contributed by atoms with Gasteiger partial charge in [-0.05, 0) is 66.3 Å². The van der Waals surface area contributed by atoms with Gasteiger partial charge < -0.3 is 4.43 Å². The third kappa shape index (κ3) is 7.43. The molecule has 0 spiro atoms. The molecule has 0 aliphatic heterocycles. The van der Waals surface area contributed by atoms with Crippen LogP contribution in [0.4, 0.5) is 0 Å². The van der Waals surface area contributed by atoms with Gasteiger partial charge in [-0.25, -0.2) is 0 Å². The standard InChI is InChI=1S/C34H50OSi/c1-9-29(5)20-19-26-34(11-3,12-4)28-30(10-2)25-27-35-36(33(6,7)8,31-21-15-13-16-22-31)32-23-17-14-18-24-32/h11,13-18,20-25H,3,9-10,12,19,26-28H2,1-2,4-8H3/b29-20-,30-25+. The molecule has 2 aromatic rings. The topological polar surface area (TPSA) is 9.23 Å². The Balaban J connectivity index is 2.36. The van der Waals surface area contributed by atoms with Crippen molar-refractivity contribution in [3.05, 3.63) is 96.6 Å². The van der Waals surface area contributed by atoms with Crippen molar-refractivity contribution in [1.82, 2.24) is 0 Å². The molecule has 1 nitrogen and oxygen atoms in total. The van der Waals surface area contributed by atoms with Crippen LogP contribution in [0.25, 0.3) is 0 Å². The van der Waals surface area contributed by atoms with Crippen LogP contribution < -0.4 is 10.4 Å². The molecule has 0 fully saturated rings. The summed E-state index contributed by atoms with van der Waals surface area (Å²) in [7, 11) is -2.51. The molecule has 0 N–H and O–H groups in total. The van der Waals surface area contributed by atoms with Gasteiger partial charge in [-0.2, -0.15) is 0 Å². The Morgan fingerprint density at radius 2 is 1.42 bits per heavy atom. The van der Waals surface area contributed by atoms with E-state index in [0.29, 0.717) is 6.61 Å². The molecule has 36 heavy (non-hydrogen) atoms. The van der Waals surface area contributed by atoms with E-state index in [1.807, 2.05) is 0 Å². The number of rotatable bonds is 14. The smallest absolute Gasteiger partial charge is 0.261 e. The highest BCUT2D eigenvalue weighted by Crippen LogP contribution is 2.39. The van der Waals surface area contributed by atoms with Gasteiger partial charge in [0, 0.05) is 0 Å². The molecule has 1 atom stereocenters. The second-order valence-corrected chi connectivity index (χ2v) is 15.5. The zero-order chi connectivity index (χ0) is 26.7. The lowest BCUT2D eigenvalue weighted by molar-refractivity contribution is 0.323. The quantitative estimate of drug-likeness (QED) is 0.185. The van der Waals surface area contributed by atoms with Crippen molar-refractivity contribution in [2.75, 3.05) is 6.61 Å². The van der Waals surface area contributed by atoms with Crippen LogP contribution in [0.15, 0.2) is 96.6 Å². The third-order valence-electron chi connectivity index (χ3n) is 7.95. The van der Waals surface area contributed by atoms with E-state index in [9.17, 15) is 0 Å². The van der Waals surface area contributed by atoms with Crippen LogP contribution in [0.1, 0.15) is 87.0 Å². The summed E-state index contributed by atoms with van der Waals surface area (Å²) in [6.45, 7) is 21.0. The van der Waals surface area contributed by atoms with Crippen molar-refractivity contribution in [2.45, 2.75) is 92.0 Å². The van der Waals surface area contributed by atoms with Crippen LogP contribution in [0.2, 0.25) is 5.04 Å². The van der Waals surface area contributed by atoms with Crippen molar-refractivity contribution in [1.29, 1.82) is 0 Å². The predicted octanol–water partition coefficient (Wildman–Crippen LogP) is 9.01. The zero-order valence-corrected chi connectivity index (χ0v) is 25.1. The molecule has 196 valence electrons. The van der Waals surface area contributed by atoms with Gasteiger partial charge in [0.25, 0.3) is 8.32 Å². The normalized spacial score (nSPS) is 15.0. The summed E-state index contributed by atoms with van der Waals surface area (Å²) >= 11 is 0. The molecule has 0 bridgehead atoms. The minimum atomic E-state index is -2.51. The van der Waals surface area contributed by atoms with Crippen LogP contribution in [-0.4, -0.2) is 14.9 Å². The lowest BCUT2D eigenvalue weighted by Gasteiger charge is -2.43. The van der Waals surface area contributed by atoms with E-state index in [1.54, 1.807) is 0 Å². The van der Waals surface area contributed by atoms with Gasteiger partial charge in [-0.15, -0.1) is 6.58 Å². The van der Waals surface area contributed by atoms with Crippen molar-refractivity contribution < 1.29 is 4.43 Å². The summed E-state index contributed by atoms with van der Waals surface area (Å²) in [6, 6.07) is 21.9. The van der Waals surface area contributed by atoms with Gasteiger partial charge in [-0.3, -0.25) is 0 Å². The van der Waals surface area contributed by atoms with Crippen molar-refractivity contribution in [3.63, 3.8) is 0 Å². The SMILES string of the molecule is C=CC(CC)(CC/C=C(/C)CC)C/C(=C/CO[Si](c1ccccc1)(c1ccccc1)C(C)(C)C)CC. The van der Waals surface area contributed by atoms with Crippen LogP contribution >= 0.6 is 0 Å². The lowest BCUT2D eigenvalue weighted by atomic mass is 9.75. The van der Waals surface area contributed by atoms with Crippen LogP contribution in [0, 0.1) is 5.41 Å². The Hall–Kier alpha value is -2.16. The summed E-state index contributed by atoms with van der Waals surface area (Å²) in [6.07, 6.45) is 13.6. The van der Waals surface area contributed by atoms with E-state index >= 15 is 0 Å². The molecule has 0 aliphatic carbocycles. The molecule has 2 aromatic carbocycles. The summed E-state index contributed by atoms with van der Waals surface area (Å²) in [5.74, 6) is 0. The molecule has 2 rings (SSSR count). The molecule has 2 heteroatoms. The molecule has 0 saturated carbocycles. The molecule has 0 amide bonds. The van der Waals surface area contributed by atoms with Gasteiger partial charge in [0.1, 0.15) is 0 Å². The van der Waals surface area contributed by atoms with Crippen molar-refractivity contribution >= 4 is 18.7 Å². The van der Waals surface area contributed by atoms with E-state index < -0.39 is 8.32 Å². The fourth-order valence-corrected chi connectivity index (χ4v) is 9.79. The first-order chi connectivity index (χ1) is 17.2. The summed E-state index contributed by atoms with van der Waals surface area (Å²) < 4.78 is 7.13. The Labute approximate surface area is 223 Å². The predicted molar refractivity (Wildman–Crippen MR) is 163 cm³/mol. The number of hydrogen-bond acceptors (Lipinski definition) is 1. The Morgan fingerprint density at radius 3 is 1.83 bits per heavy atom. The minimum absolute atomic E-state index is 0.00626. The maximum absolute atomic E-state index is 7.13. The average molecular weight is 503 g/mol. The van der Waals surface area contributed by atoms with E-state index in [2.05, 4.69) is 134 Å². The summed E-state index contributed by atoms with van der Waals surface area (Å²) in [5, 5.41) is 2.66. The molecule has 0 heterocycles. The Morgan fingerprint density at radius 1 is 0.861 bits per heavy atom. The zero-order valence-electron chi connectivity index (χ0n) is 24.1. The molecule has 1 unspecified atom stereocenters. The Kier molecular flexibility index (Phi) is 11.7. The maximum atomic E-state index is 7.13. The second-order valence-electron chi connectivity index (χ2n) is 11.2. The fraction of sp³-hybridized carbons (Fsp3) is 0.471. The third-order valence-corrected chi connectivity index (χ3v) is 13.0. The molecular formula is C34H50OSi. The fourth-order valence-electron chi connectivity index (χ4n) is 5.30. The molecule has 0 radical (unpaired) electrons. The van der Waals surface area contributed by atoms with E-state index in [0.717, 1.165) is 38.5 Å². The first-order valence-electron chi connectivity index (χ1n) is 13.9. The monoisotopic (exact) mass is 502 g/mol. The maximum Gasteiger partial charge on any atom is 0.261 e. The van der Waals surface area contributed by atoms with E-state index in [4.69, 9.17) is 4.43 Å². The van der Waals surface area contributed by atoms with E-state index in [-0.39, 0.29) is 10.5 Å². The average Bonchev–Trinajstić information content (AvgIpc) is 2.89. The number of allylic oxidation sites excluding steroid dienone is 4. The number of benzene rings is 2. The summed E-state index contributed by atoms with van der Waals surface area (Å²) in [4.78, 5) is 0. The molecule has 0 aromatic heterocycles. The van der Waals surface area contributed by atoms with Crippen LogP contribution in [-0.2, 0) is 4.43 Å². The van der Waals surface area contributed by atoms with Gasteiger partial charge in [-0.1, -0.05) is 132 Å². The van der Waals surface area contributed by atoms with E-state index in [1.165, 1.54) is 21.5 Å². The van der Waals surface area contributed by atoms with Crippen molar-refractivity contribution in [2.24, 2.45) is 5.41 Å². The van der Waals surface area contributed by atoms with Gasteiger partial charge in [0.05, 0.1) is 6.61 Å². The Bertz CT molecular complexity index is 941. The number of hydrogen-bond donors (Lipinski definition) is 0. The highest BCUT2D eigenvalue weighted by Gasteiger charge is 2.49. The molecule has 0 saturated heterocycles. The second kappa shape index (κ2) is 14.0. The minimum Gasteiger partial charge on any atom is -0.404 e.